The highest BCUT2D eigenvalue weighted by molar-refractivity contribution is 5.85. The van der Waals surface area contributed by atoms with Gasteiger partial charge in [-0.1, -0.05) is 6.07 Å². The van der Waals surface area contributed by atoms with E-state index in [1.165, 1.54) is 19.1 Å². The van der Waals surface area contributed by atoms with E-state index >= 15 is 0 Å². The van der Waals surface area contributed by atoms with E-state index in [1.807, 2.05) is 37.8 Å². The number of rotatable bonds is 10. The quantitative estimate of drug-likeness (QED) is 0.295. The lowest BCUT2D eigenvalue weighted by Crippen LogP contribution is -2.43. The number of carbonyl (C=O) groups is 4. The number of halogens is 1. The van der Waals surface area contributed by atoms with Crippen molar-refractivity contribution < 1.29 is 28.3 Å². The Balaban J connectivity index is 1.32. The number of ether oxygens (including phenoxy) is 1. The van der Waals surface area contributed by atoms with Crippen LogP contribution >= 0.6 is 0 Å². The first-order chi connectivity index (χ1) is 21.8. The van der Waals surface area contributed by atoms with E-state index in [0.717, 1.165) is 31.2 Å². The van der Waals surface area contributed by atoms with Crippen LogP contribution in [0.2, 0.25) is 0 Å². The maximum Gasteiger partial charge on any atom is 0.410 e. The van der Waals surface area contributed by atoms with Crippen molar-refractivity contribution in [2.24, 2.45) is 11.8 Å². The van der Waals surface area contributed by atoms with Crippen LogP contribution in [0.1, 0.15) is 96.1 Å². The number of carbonyl (C=O) groups excluding carboxylic acids is 4. The Bertz CT molecular complexity index is 1470. The molecule has 2 aliphatic rings. The average Bonchev–Trinajstić information content (AvgIpc) is 3.03. The zero-order valence-electron chi connectivity index (χ0n) is 27.4. The van der Waals surface area contributed by atoms with Gasteiger partial charge >= 0.3 is 6.09 Å². The van der Waals surface area contributed by atoms with Gasteiger partial charge in [-0.2, -0.15) is 5.26 Å². The normalized spacial score (nSPS) is 18.0. The Morgan fingerprint density at radius 3 is 2.43 bits per heavy atom. The fraction of sp³-hybridized carbons (Fsp3) is 0.556. The molecule has 246 valence electrons. The number of pyridine rings is 1. The summed E-state index contributed by atoms with van der Waals surface area (Å²) in [4.78, 5) is 59.3. The van der Waals surface area contributed by atoms with Crippen molar-refractivity contribution in [2.75, 3.05) is 26.2 Å². The van der Waals surface area contributed by atoms with Gasteiger partial charge in [0.1, 0.15) is 29.1 Å². The summed E-state index contributed by atoms with van der Waals surface area (Å²) in [6.45, 7) is 9.32. The van der Waals surface area contributed by atoms with Gasteiger partial charge in [0.25, 0.3) is 0 Å². The molecule has 0 saturated carbocycles. The van der Waals surface area contributed by atoms with E-state index in [-0.39, 0.29) is 53.8 Å². The lowest BCUT2D eigenvalue weighted by molar-refractivity contribution is -0.135. The van der Waals surface area contributed by atoms with Gasteiger partial charge in [0, 0.05) is 69.3 Å². The van der Waals surface area contributed by atoms with Crippen LogP contribution in [-0.2, 0) is 19.1 Å². The van der Waals surface area contributed by atoms with Gasteiger partial charge in [-0.3, -0.25) is 14.6 Å². The summed E-state index contributed by atoms with van der Waals surface area (Å²) < 4.78 is 19.4. The van der Waals surface area contributed by atoms with Crippen LogP contribution in [0.15, 0.2) is 36.7 Å². The minimum Gasteiger partial charge on any atom is -0.444 e. The lowest BCUT2D eigenvalue weighted by Gasteiger charge is -2.35. The second-order valence-electron chi connectivity index (χ2n) is 13.7. The molecule has 2 atom stereocenters. The molecule has 2 aromatic rings. The summed E-state index contributed by atoms with van der Waals surface area (Å²) in [6.07, 6.45) is 7.58. The highest BCUT2D eigenvalue weighted by Crippen LogP contribution is 2.31. The molecule has 2 fully saturated rings. The molecule has 2 aliphatic heterocycles. The Morgan fingerprint density at radius 1 is 1.02 bits per heavy atom. The standard InChI is InChI=1S/C36H45FN4O5/c1-24(42)16-28(31-18-30(21-39-22-31)26-8-9-32(37)29(17-26)20-38)19-33(43)27-6-5-13-41(23-27)34(44)10-7-25-11-14-40(15-12-25)35(45)46-36(2,3)4/h8-9,17-18,21-22,25,27-28H,5-7,10-16,19,23H2,1-4H3/t27-,28?/m1/s1. The number of benzene rings is 1. The largest absolute Gasteiger partial charge is 0.444 e. The first-order valence-electron chi connectivity index (χ1n) is 16.3. The van der Waals surface area contributed by atoms with Crippen LogP contribution in [-0.4, -0.2) is 70.1 Å². The minimum atomic E-state index is -0.601. The van der Waals surface area contributed by atoms with Crippen molar-refractivity contribution in [3.05, 3.63) is 53.6 Å². The summed E-state index contributed by atoms with van der Waals surface area (Å²) >= 11 is 0. The zero-order chi connectivity index (χ0) is 33.4. The summed E-state index contributed by atoms with van der Waals surface area (Å²) in [6, 6.07) is 7.96. The molecule has 0 aliphatic carbocycles. The van der Waals surface area contributed by atoms with Crippen molar-refractivity contribution in [1.82, 2.24) is 14.8 Å². The molecule has 1 aromatic carbocycles. The number of nitrogens with zero attached hydrogens (tertiary/aromatic N) is 4. The van der Waals surface area contributed by atoms with E-state index in [9.17, 15) is 28.8 Å². The number of hydrogen-bond acceptors (Lipinski definition) is 7. The fourth-order valence-electron chi connectivity index (χ4n) is 6.38. The van der Waals surface area contributed by atoms with Gasteiger partial charge in [-0.25, -0.2) is 9.18 Å². The van der Waals surface area contributed by atoms with Crippen molar-refractivity contribution in [2.45, 2.75) is 90.6 Å². The number of ketones is 2. The van der Waals surface area contributed by atoms with E-state index in [1.54, 1.807) is 23.4 Å². The predicted octanol–water partition coefficient (Wildman–Crippen LogP) is 6.45. The monoisotopic (exact) mass is 632 g/mol. The maximum atomic E-state index is 13.9. The van der Waals surface area contributed by atoms with Gasteiger partial charge in [0.05, 0.1) is 5.56 Å². The molecule has 9 nitrogen and oxygen atoms in total. The van der Waals surface area contributed by atoms with Gasteiger partial charge < -0.3 is 19.3 Å². The molecule has 1 unspecified atom stereocenters. The Hall–Kier alpha value is -4.13. The Labute approximate surface area is 271 Å². The smallest absolute Gasteiger partial charge is 0.410 e. The van der Waals surface area contributed by atoms with Gasteiger partial charge in [-0.05, 0) is 101 Å². The zero-order valence-corrected chi connectivity index (χ0v) is 27.4. The van der Waals surface area contributed by atoms with Gasteiger partial charge in [0.2, 0.25) is 5.91 Å². The maximum absolute atomic E-state index is 13.9. The first kappa shape index (κ1) is 34.7. The number of piperidine rings is 2. The van der Waals surface area contributed by atoms with Crippen molar-refractivity contribution in [1.29, 1.82) is 5.26 Å². The molecule has 2 saturated heterocycles. The number of amides is 2. The second kappa shape index (κ2) is 15.4. The van der Waals surface area contributed by atoms with Crippen molar-refractivity contribution in [3.8, 4) is 17.2 Å². The molecule has 0 spiro atoms. The minimum absolute atomic E-state index is 0.0252. The highest BCUT2D eigenvalue weighted by Gasteiger charge is 2.32. The van der Waals surface area contributed by atoms with Gasteiger partial charge in [-0.15, -0.1) is 0 Å². The molecular formula is C36H45FN4O5. The summed E-state index contributed by atoms with van der Waals surface area (Å²) in [5.41, 5.74) is 1.42. The average molecular weight is 633 g/mol. The van der Waals surface area contributed by atoms with Crippen LogP contribution in [0.5, 0.6) is 0 Å². The number of aromatic nitrogens is 1. The van der Waals surface area contributed by atoms with Crippen LogP contribution < -0.4 is 0 Å². The van der Waals surface area contributed by atoms with E-state index in [4.69, 9.17) is 4.74 Å². The molecule has 0 N–H and O–H groups in total. The third kappa shape index (κ3) is 9.68. The molecular weight excluding hydrogens is 587 g/mol. The molecule has 1 aromatic heterocycles. The molecule has 2 amide bonds. The number of likely N-dealkylation sites (tertiary alicyclic amines) is 2. The van der Waals surface area contributed by atoms with Crippen LogP contribution in [0.4, 0.5) is 9.18 Å². The lowest BCUT2D eigenvalue weighted by atomic mass is 9.83. The van der Waals surface area contributed by atoms with E-state index in [2.05, 4.69) is 4.98 Å². The molecule has 46 heavy (non-hydrogen) atoms. The predicted molar refractivity (Wildman–Crippen MR) is 171 cm³/mol. The number of hydrogen-bond donors (Lipinski definition) is 0. The van der Waals surface area contributed by atoms with Crippen molar-refractivity contribution in [3.63, 3.8) is 0 Å². The third-order valence-corrected chi connectivity index (χ3v) is 8.89. The topological polar surface area (TPSA) is 121 Å². The number of nitriles is 1. The van der Waals surface area contributed by atoms with Crippen LogP contribution in [0.3, 0.4) is 0 Å². The third-order valence-electron chi connectivity index (χ3n) is 8.89. The SMILES string of the molecule is CC(=O)CC(CC(=O)[C@@H]1CCCN(C(=O)CCC2CCN(C(=O)OC(C)(C)C)CC2)C1)c1cncc(-c2ccc(F)c(C#N)c2)c1. The molecule has 0 radical (unpaired) electrons. The Morgan fingerprint density at radius 2 is 1.76 bits per heavy atom. The molecule has 4 rings (SSSR count). The summed E-state index contributed by atoms with van der Waals surface area (Å²) in [5, 5.41) is 9.23. The second-order valence-corrected chi connectivity index (χ2v) is 13.7. The Kier molecular flexibility index (Phi) is 11.7. The molecule has 0 bridgehead atoms. The summed E-state index contributed by atoms with van der Waals surface area (Å²) in [5.74, 6) is -0.882. The molecule has 3 heterocycles. The van der Waals surface area contributed by atoms with Crippen LogP contribution in [0.25, 0.3) is 11.1 Å². The van der Waals surface area contributed by atoms with Crippen molar-refractivity contribution >= 4 is 23.6 Å². The fourth-order valence-corrected chi connectivity index (χ4v) is 6.38. The van der Waals surface area contributed by atoms with E-state index < -0.39 is 11.4 Å². The summed E-state index contributed by atoms with van der Waals surface area (Å²) in [7, 11) is 0. The van der Waals surface area contributed by atoms with Gasteiger partial charge in [0.15, 0.2) is 0 Å². The number of Topliss-reactive ketones (excluding diaryl/α,β-unsaturated/α-hetero) is 2. The van der Waals surface area contributed by atoms with E-state index in [0.29, 0.717) is 56.1 Å². The molecule has 10 heteroatoms. The van der Waals surface area contributed by atoms with Crippen LogP contribution in [0, 0.1) is 29.0 Å². The highest BCUT2D eigenvalue weighted by atomic mass is 19.1. The first-order valence-corrected chi connectivity index (χ1v) is 16.3.